The summed E-state index contributed by atoms with van der Waals surface area (Å²) in [5, 5.41) is 1.13. The van der Waals surface area contributed by atoms with Crippen molar-refractivity contribution in [1.29, 1.82) is 0 Å². The monoisotopic (exact) mass is 429 g/mol. The zero-order valence-electron chi connectivity index (χ0n) is 16.2. The highest BCUT2D eigenvalue weighted by atomic mass is 35.5. The minimum atomic E-state index is 0.354. The van der Waals surface area contributed by atoms with Crippen LogP contribution in [0.25, 0.3) is 0 Å². The predicted molar refractivity (Wildman–Crippen MR) is 119 cm³/mol. The molecule has 0 atom stereocenters. The summed E-state index contributed by atoms with van der Waals surface area (Å²) in [4.78, 5) is 4.48. The van der Waals surface area contributed by atoms with Crippen LogP contribution in [0.3, 0.4) is 0 Å². The number of rotatable bonds is 8. The first-order valence-corrected chi connectivity index (χ1v) is 9.86. The third kappa shape index (κ3) is 5.89. The molecule has 0 saturated heterocycles. The van der Waals surface area contributed by atoms with E-state index in [0.717, 1.165) is 22.6 Å². The molecule has 0 aliphatic carbocycles. The molecule has 0 aromatic heterocycles. The lowest BCUT2D eigenvalue weighted by Gasteiger charge is -2.13. The van der Waals surface area contributed by atoms with Gasteiger partial charge >= 0.3 is 0 Å². The molecular weight excluding hydrogens is 409 g/mol. The summed E-state index contributed by atoms with van der Waals surface area (Å²) in [6.45, 7) is 2.94. The Bertz CT molecular complexity index is 971. The van der Waals surface area contributed by atoms with Crippen molar-refractivity contribution in [3.05, 3.63) is 81.8 Å². The Labute approximate surface area is 180 Å². The van der Waals surface area contributed by atoms with Gasteiger partial charge in [0.05, 0.1) is 24.4 Å². The van der Waals surface area contributed by atoms with Crippen LogP contribution in [0.2, 0.25) is 10.0 Å². The van der Waals surface area contributed by atoms with E-state index in [1.165, 1.54) is 0 Å². The van der Waals surface area contributed by atoms with Gasteiger partial charge in [-0.15, -0.1) is 0 Å². The normalized spacial score (nSPS) is 10.9. The SMILES string of the molecule is CCOc1ccc(N=Cc2cc(Cl)c(OCc3ccc(Cl)cc3)c(OC)c2)cc1. The molecule has 150 valence electrons. The largest absolute Gasteiger partial charge is 0.494 e. The Morgan fingerprint density at radius 2 is 1.66 bits per heavy atom. The van der Waals surface area contributed by atoms with Crippen molar-refractivity contribution in [3.8, 4) is 17.2 Å². The van der Waals surface area contributed by atoms with Crippen LogP contribution >= 0.6 is 23.2 Å². The van der Waals surface area contributed by atoms with Gasteiger partial charge in [0.25, 0.3) is 0 Å². The first kappa shape index (κ1) is 21.0. The molecule has 0 unspecified atom stereocenters. The van der Waals surface area contributed by atoms with Crippen LogP contribution in [-0.2, 0) is 6.61 Å². The van der Waals surface area contributed by atoms with Crippen LogP contribution < -0.4 is 14.2 Å². The van der Waals surface area contributed by atoms with E-state index in [2.05, 4.69) is 4.99 Å². The molecule has 0 radical (unpaired) electrons. The quantitative estimate of drug-likeness (QED) is 0.372. The maximum Gasteiger partial charge on any atom is 0.180 e. The molecule has 0 saturated carbocycles. The summed E-state index contributed by atoms with van der Waals surface area (Å²) in [6.07, 6.45) is 1.73. The van der Waals surface area contributed by atoms with E-state index in [0.29, 0.717) is 34.8 Å². The molecule has 3 aromatic rings. The molecule has 0 heterocycles. The van der Waals surface area contributed by atoms with Crippen LogP contribution in [0.5, 0.6) is 17.2 Å². The Balaban J connectivity index is 1.74. The fraction of sp³-hybridized carbons (Fsp3) is 0.174. The highest BCUT2D eigenvalue weighted by Gasteiger charge is 2.12. The average Bonchev–Trinajstić information content (AvgIpc) is 2.73. The number of hydrogen-bond donors (Lipinski definition) is 0. The Hall–Kier alpha value is -2.69. The zero-order valence-corrected chi connectivity index (χ0v) is 17.7. The van der Waals surface area contributed by atoms with Crippen molar-refractivity contribution in [2.45, 2.75) is 13.5 Å². The maximum absolute atomic E-state index is 6.44. The lowest BCUT2D eigenvalue weighted by atomic mass is 10.2. The molecule has 0 N–H and O–H groups in total. The van der Waals surface area contributed by atoms with E-state index in [9.17, 15) is 0 Å². The van der Waals surface area contributed by atoms with Gasteiger partial charge in [0.15, 0.2) is 11.5 Å². The zero-order chi connectivity index (χ0) is 20.6. The Morgan fingerprint density at radius 3 is 2.31 bits per heavy atom. The molecule has 0 spiro atoms. The summed E-state index contributed by atoms with van der Waals surface area (Å²) >= 11 is 12.4. The second-order valence-corrected chi connectivity index (χ2v) is 6.98. The molecule has 0 fully saturated rings. The third-order valence-electron chi connectivity index (χ3n) is 4.06. The van der Waals surface area contributed by atoms with Gasteiger partial charge in [0, 0.05) is 11.2 Å². The maximum atomic E-state index is 6.44. The van der Waals surface area contributed by atoms with E-state index in [1.807, 2.05) is 61.5 Å². The van der Waals surface area contributed by atoms with Crippen LogP contribution in [0, 0.1) is 0 Å². The van der Waals surface area contributed by atoms with Crippen molar-refractivity contribution < 1.29 is 14.2 Å². The number of benzene rings is 3. The number of halogens is 2. The fourth-order valence-electron chi connectivity index (χ4n) is 2.63. The molecule has 3 aromatic carbocycles. The van der Waals surface area contributed by atoms with E-state index >= 15 is 0 Å². The predicted octanol–water partition coefficient (Wildman–Crippen LogP) is 6.73. The Morgan fingerprint density at radius 1 is 0.931 bits per heavy atom. The van der Waals surface area contributed by atoms with Crippen molar-refractivity contribution in [1.82, 2.24) is 0 Å². The van der Waals surface area contributed by atoms with Crippen molar-refractivity contribution in [3.63, 3.8) is 0 Å². The summed E-state index contributed by atoms with van der Waals surface area (Å²) < 4.78 is 16.8. The van der Waals surface area contributed by atoms with Gasteiger partial charge in [-0.05, 0) is 66.6 Å². The van der Waals surface area contributed by atoms with Gasteiger partial charge in [-0.3, -0.25) is 4.99 Å². The Kier molecular flexibility index (Phi) is 7.39. The summed E-state index contributed by atoms with van der Waals surface area (Å²) in [5.41, 5.74) is 2.60. The highest BCUT2D eigenvalue weighted by molar-refractivity contribution is 6.32. The van der Waals surface area contributed by atoms with Crippen LogP contribution in [0.4, 0.5) is 5.69 Å². The van der Waals surface area contributed by atoms with Gasteiger partial charge in [-0.1, -0.05) is 35.3 Å². The third-order valence-corrected chi connectivity index (χ3v) is 4.59. The number of nitrogens with zero attached hydrogens (tertiary/aromatic N) is 1. The number of hydrogen-bond acceptors (Lipinski definition) is 4. The lowest BCUT2D eigenvalue weighted by molar-refractivity contribution is 0.284. The minimum absolute atomic E-state index is 0.354. The summed E-state index contributed by atoms with van der Waals surface area (Å²) in [6, 6.07) is 18.6. The molecule has 0 aliphatic rings. The van der Waals surface area contributed by atoms with Gasteiger partial charge in [-0.2, -0.15) is 0 Å². The van der Waals surface area contributed by atoms with Gasteiger partial charge in [0.2, 0.25) is 0 Å². The molecule has 29 heavy (non-hydrogen) atoms. The highest BCUT2D eigenvalue weighted by Crippen LogP contribution is 2.36. The smallest absolute Gasteiger partial charge is 0.180 e. The van der Waals surface area contributed by atoms with Crippen molar-refractivity contribution >= 4 is 35.1 Å². The molecule has 0 amide bonds. The number of aliphatic imine (C=N–C) groups is 1. The molecule has 0 bridgehead atoms. The van der Waals surface area contributed by atoms with Crippen LogP contribution in [0.15, 0.2) is 65.7 Å². The van der Waals surface area contributed by atoms with Crippen LogP contribution in [-0.4, -0.2) is 19.9 Å². The molecular formula is C23H21Cl2NO3. The number of ether oxygens (including phenoxy) is 3. The molecule has 0 aliphatic heterocycles. The van der Waals surface area contributed by atoms with E-state index in [-0.39, 0.29) is 0 Å². The second kappa shape index (κ2) is 10.2. The van der Waals surface area contributed by atoms with E-state index < -0.39 is 0 Å². The second-order valence-electron chi connectivity index (χ2n) is 6.13. The first-order chi connectivity index (χ1) is 14.1. The average molecular weight is 430 g/mol. The first-order valence-electron chi connectivity index (χ1n) is 9.10. The lowest BCUT2D eigenvalue weighted by Crippen LogP contribution is -1.99. The van der Waals surface area contributed by atoms with E-state index in [4.69, 9.17) is 37.4 Å². The standard InChI is InChI=1S/C23H21Cl2NO3/c1-3-28-20-10-8-19(9-11-20)26-14-17-12-21(25)23(22(13-17)27-2)29-15-16-4-6-18(24)7-5-16/h4-14H,3,15H2,1-2H3. The fourth-order valence-corrected chi connectivity index (χ4v) is 3.03. The van der Waals surface area contributed by atoms with Gasteiger partial charge in [0.1, 0.15) is 12.4 Å². The van der Waals surface area contributed by atoms with Crippen molar-refractivity contribution in [2.24, 2.45) is 4.99 Å². The summed E-state index contributed by atoms with van der Waals surface area (Å²) in [7, 11) is 1.58. The molecule has 6 heteroatoms. The number of methoxy groups -OCH3 is 1. The summed E-state index contributed by atoms with van der Waals surface area (Å²) in [5.74, 6) is 1.85. The van der Waals surface area contributed by atoms with Gasteiger partial charge in [-0.25, -0.2) is 0 Å². The van der Waals surface area contributed by atoms with Crippen molar-refractivity contribution in [2.75, 3.05) is 13.7 Å². The van der Waals surface area contributed by atoms with E-state index in [1.54, 1.807) is 19.4 Å². The topological polar surface area (TPSA) is 40.0 Å². The van der Waals surface area contributed by atoms with Gasteiger partial charge < -0.3 is 14.2 Å². The molecule has 4 nitrogen and oxygen atoms in total. The van der Waals surface area contributed by atoms with Crippen LogP contribution in [0.1, 0.15) is 18.1 Å². The minimum Gasteiger partial charge on any atom is -0.494 e. The molecule has 3 rings (SSSR count).